The second kappa shape index (κ2) is 4.47. The first-order valence-corrected chi connectivity index (χ1v) is 5.05. The maximum absolute atomic E-state index is 5.26. The normalized spacial score (nSPS) is 22.2. The molecule has 0 aromatic rings. The second-order valence-electron chi connectivity index (χ2n) is 3.29. The largest absolute Gasteiger partial charge is 0.501 e. The highest BCUT2D eigenvalue weighted by molar-refractivity contribution is 5.40. The highest BCUT2D eigenvalue weighted by Crippen LogP contribution is 2.38. The Labute approximate surface area is 80.7 Å². The molecule has 13 heavy (non-hydrogen) atoms. The van der Waals surface area contributed by atoms with E-state index in [0.29, 0.717) is 5.92 Å². The third kappa shape index (κ3) is 2.13. The lowest BCUT2D eigenvalue weighted by atomic mass is 10.2. The molecule has 74 valence electrons. The molecule has 1 aliphatic rings. The zero-order valence-corrected chi connectivity index (χ0v) is 9.05. The van der Waals surface area contributed by atoms with Gasteiger partial charge in [-0.05, 0) is 12.5 Å². The maximum atomic E-state index is 5.26. The van der Waals surface area contributed by atoms with E-state index in [1.54, 1.807) is 12.7 Å². The average Bonchev–Trinajstić information content (AvgIpc) is 2.86. The van der Waals surface area contributed by atoms with Crippen molar-refractivity contribution in [2.75, 3.05) is 14.2 Å². The molecule has 2 heteroatoms. The summed E-state index contributed by atoms with van der Waals surface area (Å²) >= 11 is 0. The zero-order chi connectivity index (χ0) is 9.84. The van der Waals surface area contributed by atoms with Gasteiger partial charge in [-0.2, -0.15) is 0 Å². The van der Waals surface area contributed by atoms with E-state index in [1.165, 1.54) is 12.1 Å². The van der Waals surface area contributed by atoms with Crippen molar-refractivity contribution < 1.29 is 10.1 Å². The minimum Gasteiger partial charge on any atom is -0.501 e. The van der Waals surface area contributed by atoms with Crippen LogP contribution in [0.4, 0.5) is 0 Å². The van der Waals surface area contributed by atoms with E-state index >= 15 is 0 Å². The molecule has 0 saturated heterocycles. The van der Waals surface area contributed by atoms with Crippen molar-refractivity contribution in [3.8, 4) is 0 Å². The molecular formula is C11H20NO+. The Balaban J connectivity index is 2.55. The Bertz CT molecular complexity index is 216. The van der Waals surface area contributed by atoms with E-state index in [2.05, 4.69) is 32.3 Å². The van der Waals surface area contributed by atoms with Gasteiger partial charge in [0.25, 0.3) is 0 Å². The predicted octanol–water partition coefficient (Wildman–Crippen LogP) is 1.41. The molecule has 0 spiro atoms. The summed E-state index contributed by atoms with van der Waals surface area (Å²) in [4.78, 5) is 0. The van der Waals surface area contributed by atoms with Gasteiger partial charge in [0.05, 0.1) is 25.8 Å². The summed E-state index contributed by atoms with van der Waals surface area (Å²) in [5, 5.41) is 2.21. The topological polar surface area (TPSA) is 25.8 Å². The first-order valence-electron chi connectivity index (χ1n) is 5.05. The lowest BCUT2D eigenvalue weighted by Gasteiger charge is -2.01. The molecular weight excluding hydrogens is 162 g/mol. The fraction of sp³-hybridized carbons (Fsp3) is 0.636. The van der Waals surface area contributed by atoms with Crippen molar-refractivity contribution in [3.63, 3.8) is 0 Å². The number of hydrogen-bond donors (Lipinski definition) is 1. The molecule has 0 radical (unpaired) electrons. The number of rotatable bonds is 5. The van der Waals surface area contributed by atoms with E-state index in [4.69, 9.17) is 4.74 Å². The molecule has 0 bridgehead atoms. The predicted molar refractivity (Wildman–Crippen MR) is 54.0 cm³/mol. The molecule has 0 saturated carbocycles. The smallest absolute Gasteiger partial charge is 0.117 e. The van der Waals surface area contributed by atoms with Gasteiger partial charge in [0.1, 0.15) is 5.70 Å². The van der Waals surface area contributed by atoms with Crippen LogP contribution in [0.15, 0.2) is 23.1 Å². The Morgan fingerprint density at radius 1 is 1.54 bits per heavy atom. The summed E-state index contributed by atoms with van der Waals surface area (Å²) in [6, 6.07) is 0. The lowest BCUT2D eigenvalue weighted by Crippen LogP contribution is -2.75. The van der Waals surface area contributed by atoms with Gasteiger partial charge in [-0.25, -0.2) is 0 Å². The quantitative estimate of drug-likeness (QED) is 0.639. The van der Waals surface area contributed by atoms with Gasteiger partial charge < -0.3 is 10.1 Å². The van der Waals surface area contributed by atoms with Crippen LogP contribution in [0.5, 0.6) is 0 Å². The first kappa shape index (κ1) is 10.3. The third-order valence-electron chi connectivity index (χ3n) is 2.65. The van der Waals surface area contributed by atoms with Gasteiger partial charge in [-0.1, -0.05) is 13.8 Å². The Kier molecular flexibility index (Phi) is 3.55. The van der Waals surface area contributed by atoms with Crippen molar-refractivity contribution in [1.82, 2.24) is 0 Å². The number of ether oxygens (including phenoxy) is 1. The number of methoxy groups -OCH3 is 1. The Morgan fingerprint density at radius 3 is 2.54 bits per heavy atom. The van der Waals surface area contributed by atoms with Crippen molar-refractivity contribution in [1.29, 1.82) is 0 Å². The number of allylic oxidation sites excluding steroid dienone is 3. The summed E-state index contributed by atoms with van der Waals surface area (Å²) in [7, 11) is 3.86. The van der Waals surface area contributed by atoms with E-state index in [-0.39, 0.29) is 0 Å². The minimum absolute atomic E-state index is 0.588. The highest BCUT2D eigenvalue weighted by Gasteiger charge is 2.37. The summed E-state index contributed by atoms with van der Waals surface area (Å²) < 4.78 is 5.26. The standard InChI is InChI=1S/C11H19NO/c1-5-8(13-4)7-10-9(6-2)11(10)12-3/h7,10,12H,5-6H2,1-4H3/p+1. The van der Waals surface area contributed by atoms with E-state index in [0.717, 1.165) is 12.2 Å². The monoisotopic (exact) mass is 182 g/mol. The third-order valence-corrected chi connectivity index (χ3v) is 2.65. The van der Waals surface area contributed by atoms with Crippen LogP contribution in [-0.4, -0.2) is 14.2 Å². The molecule has 1 rings (SSSR count). The van der Waals surface area contributed by atoms with Crippen molar-refractivity contribution in [2.24, 2.45) is 5.92 Å². The molecule has 1 aliphatic carbocycles. The van der Waals surface area contributed by atoms with E-state index < -0.39 is 0 Å². The molecule has 2 N–H and O–H groups in total. The fourth-order valence-corrected chi connectivity index (χ4v) is 1.80. The van der Waals surface area contributed by atoms with Crippen molar-refractivity contribution in [2.45, 2.75) is 26.7 Å². The molecule has 0 aromatic heterocycles. The second-order valence-corrected chi connectivity index (χ2v) is 3.29. The van der Waals surface area contributed by atoms with E-state index in [9.17, 15) is 0 Å². The minimum atomic E-state index is 0.588. The molecule has 0 fully saturated rings. The summed E-state index contributed by atoms with van der Waals surface area (Å²) in [5.74, 6) is 1.69. The van der Waals surface area contributed by atoms with Crippen LogP contribution in [-0.2, 0) is 4.74 Å². The average molecular weight is 182 g/mol. The van der Waals surface area contributed by atoms with Gasteiger partial charge in [0.2, 0.25) is 0 Å². The van der Waals surface area contributed by atoms with Crippen LogP contribution in [0.2, 0.25) is 0 Å². The zero-order valence-electron chi connectivity index (χ0n) is 9.05. The highest BCUT2D eigenvalue weighted by atomic mass is 16.5. The maximum Gasteiger partial charge on any atom is 0.117 e. The van der Waals surface area contributed by atoms with Crippen LogP contribution in [0, 0.1) is 5.92 Å². The van der Waals surface area contributed by atoms with Crippen LogP contribution in [0.25, 0.3) is 0 Å². The first-order chi connectivity index (χ1) is 6.28. The molecule has 1 atom stereocenters. The van der Waals surface area contributed by atoms with Crippen molar-refractivity contribution >= 4 is 0 Å². The van der Waals surface area contributed by atoms with Crippen LogP contribution < -0.4 is 5.32 Å². The van der Waals surface area contributed by atoms with Crippen LogP contribution >= 0.6 is 0 Å². The molecule has 2 nitrogen and oxygen atoms in total. The molecule has 0 aromatic carbocycles. The SMILES string of the molecule is CCC(=CC1C(CC)=C1[NH2+]C)OC. The fourth-order valence-electron chi connectivity index (χ4n) is 1.80. The summed E-state index contributed by atoms with van der Waals surface area (Å²) in [5.41, 5.74) is 3.08. The van der Waals surface area contributed by atoms with Gasteiger partial charge in [0, 0.05) is 12.0 Å². The molecule has 0 aliphatic heterocycles. The number of nitrogens with two attached hydrogens (primary N) is 1. The molecule has 0 amide bonds. The van der Waals surface area contributed by atoms with Crippen LogP contribution in [0.1, 0.15) is 26.7 Å². The summed E-state index contributed by atoms with van der Waals surface area (Å²) in [6.07, 6.45) is 4.40. The lowest BCUT2D eigenvalue weighted by molar-refractivity contribution is -0.572. The van der Waals surface area contributed by atoms with Gasteiger partial charge in [0.15, 0.2) is 0 Å². The van der Waals surface area contributed by atoms with E-state index in [1.807, 2.05) is 0 Å². The van der Waals surface area contributed by atoms with Gasteiger partial charge in [-0.3, -0.25) is 0 Å². The Morgan fingerprint density at radius 2 is 2.23 bits per heavy atom. The molecule has 1 unspecified atom stereocenters. The van der Waals surface area contributed by atoms with Crippen LogP contribution in [0.3, 0.4) is 0 Å². The molecule has 0 heterocycles. The summed E-state index contributed by atoms with van der Waals surface area (Å²) in [6.45, 7) is 4.34. The number of quaternary nitrogens is 1. The van der Waals surface area contributed by atoms with Gasteiger partial charge >= 0.3 is 0 Å². The van der Waals surface area contributed by atoms with Gasteiger partial charge in [-0.15, -0.1) is 0 Å². The number of hydrogen-bond acceptors (Lipinski definition) is 1. The van der Waals surface area contributed by atoms with Crippen molar-refractivity contribution in [3.05, 3.63) is 23.1 Å². The Hall–Kier alpha value is -0.760.